The van der Waals surface area contributed by atoms with Gasteiger partial charge >= 0.3 is 0 Å². The zero-order valence-electron chi connectivity index (χ0n) is 13.2. The number of carbonyl (C=O) groups is 1. The number of amides is 1. The first-order valence-electron chi connectivity index (χ1n) is 8.22. The van der Waals surface area contributed by atoms with Gasteiger partial charge in [0.05, 0.1) is 19.3 Å². The second kappa shape index (κ2) is 7.53. The lowest BCUT2D eigenvalue weighted by molar-refractivity contribution is -0.120. The summed E-state index contributed by atoms with van der Waals surface area (Å²) in [6.45, 7) is 3.19. The van der Waals surface area contributed by atoms with Crippen molar-refractivity contribution in [1.29, 1.82) is 0 Å². The highest BCUT2D eigenvalue weighted by molar-refractivity contribution is 7.13. The molecule has 122 valence electrons. The van der Waals surface area contributed by atoms with Gasteiger partial charge in [-0.05, 0) is 25.8 Å². The lowest BCUT2D eigenvalue weighted by atomic mass is 10.0. The molecule has 1 saturated heterocycles. The zero-order chi connectivity index (χ0) is 15.4. The van der Waals surface area contributed by atoms with Gasteiger partial charge in [0.25, 0.3) is 0 Å². The first kappa shape index (κ1) is 15.9. The fourth-order valence-electron chi connectivity index (χ4n) is 3.39. The minimum absolute atomic E-state index is 0.0789. The van der Waals surface area contributed by atoms with E-state index in [2.05, 4.69) is 16.9 Å². The Bertz CT molecular complexity index is 474. The first-order valence-corrected chi connectivity index (χ1v) is 9.10. The van der Waals surface area contributed by atoms with Crippen LogP contribution in [0.2, 0.25) is 0 Å². The molecule has 1 saturated carbocycles. The molecule has 0 unspecified atom stereocenters. The molecule has 2 heterocycles. The molecule has 5 nitrogen and oxygen atoms in total. The third-order valence-electron chi connectivity index (χ3n) is 4.62. The van der Waals surface area contributed by atoms with Crippen molar-refractivity contribution in [2.24, 2.45) is 5.92 Å². The van der Waals surface area contributed by atoms with Crippen molar-refractivity contribution in [3.05, 3.63) is 11.6 Å². The number of hydrogen-bond donors (Lipinski definition) is 0. The number of hydrogen-bond acceptors (Lipinski definition) is 5. The van der Waals surface area contributed by atoms with E-state index in [1.807, 2.05) is 10.3 Å². The van der Waals surface area contributed by atoms with Crippen LogP contribution in [0, 0.1) is 5.92 Å². The highest BCUT2D eigenvalue weighted by atomic mass is 32.1. The second-order valence-electron chi connectivity index (χ2n) is 6.43. The number of anilines is 1. The smallest absolute Gasteiger partial charge is 0.229 e. The molecule has 3 rings (SSSR count). The summed E-state index contributed by atoms with van der Waals surface area (Å²) in [5, 5.41) is 2.73. The van der Waals surface area contributed by atoms with Crippen molar-refractivity contribution in [3.63, 3.8) is 0 Å². The van der Waals surface area contributed by atoms with Crippen LogP contribution in [0.25, 0.3) is 0 Å². The topological polar surface area (TPSA) is 45.7 Å². The summed E-state index contributed by atoms with van der Waals surface area (Å²) >= 11 is 1.53. The Morgan fingerprint density at radius 2 is 2.32 bits per heavy atom. The van der Waals surface area contributed by atoms with Crippen molar-refractivity contribution in [2.45, 2.75) is 38.2 Å². The molecule has 0 aromatic carbocycles. The van der Waals surface area contributed by atoms with E-state index in [9.17, 15) is 4.79 Å². The molecule has 6 heteroatoms. The van der Waals surface area contributed by atoms with E-state index in [1.165, 1.54) is 37.0 Å². The number of morpholine rings is 1. The van der Waals surface area contributed by atoms with Crippen molar-refractivity contribution < 1.29 is 9.53 Å². The average Bonchev–Trinajstić information content (AvgIpc) is 3.18. The minimum atomic E-state index is 0.0789. The van der Waals surface area contributed by atoms with E-state index < -0.39 is 0 Å². The molecule has 2 fully saturated rings. The highest BCUT2D eigenvalue weighted by Crippen LogP contribution is 2.29. The van der Waals surface area contributed by atoms with Gasteiger partial charge in [-0.15, -0.1) is 11.3 Å². The third kappa shape index (κ3) is 4.06. The fraction of sp³-hybridized carbons (Fsp3) is 0.750. The van der Waals surface area contributed by atoms with Gasteiger partial charge in [-0.3, -0.25) is 9.69 Å². The number of ether oxygens (including phenoxy) is 1. The van der Waals surface area contributed by atoms with Crippen molar-refractivity contribution in [2.75, 3.05) is 38.2 Å². The number of likely N-dealkylation sites (N-methyl/N-ethyl adjacent to an activating group) is 1. The molecule has 0 radical (unpaired) electrons. The van der Waals surface area contributed by atoms with Crippen LogP contribution in [-0.4, -0.2) is 55.2 Å². The number of aromatic nitrogens is 1. The number of nitrogens with zero attached hydrogens (tertiary/aromatic N) is 3. The molecule has 1 aliphatic carbocycles. The highest BCUT2D eigenvalue weighted by Gasteiger charge is 2.28. The maximum Gasteiger partial charge on any atom is 0.229 e. The third-order valence-corrected chi connectivity index (χ3v) is 5.41. The van der Waals surface area contributed by atoms with Crippen molar-refractivity contribution in [1.82, 2.24) is 9.88 Å². The second-order valence-corrected chi connectivity index (χ2v) is 7.30. The van der Waals surface area contributed by atoms with E-state index in [1.54, 1.807) is 6.20 Å². The van der Waals surface area contributed by atoms with Crippen LogP contribution >= 0.6 is 11.3 Å². The summed E-state index contributed by atoms with van der Waals surface area (Å²) in [6, 6.07) is 0. The molecular formula is C16H25N3O2S. The molecular weight excluding hydrogens is 298 g/mol. The van der Waals surface area contributed by atoms with Gasteiger partial charge in [0.2, 0.25) is 5.91 Å². The SMILES string of the molecule is CN1CCO[C@H](CN(C(=O)CC2CCCC2)c2nccs2)C1. The molecule has 0 spiro atoms. The summed E-state index contributed by atoms with van der Waals surface area (Å²) in [7, 11) is 2.10. The Hall–Kier alpha value is -0.980. The van der Waals surface area contributed by atoms with Crippen molar-refractivity contribution in [3.8, 4) is 0 Å². The van der Waals surface area contributed by atoms with Crippen LogP contribution in [0.3, 0.4) is 0 Å². The lowest BCUT2D eigenvalue weighted by Gasteiger charge is -2.33. The van der Waals surface area contributed by atoms with E-state index >= 15 is 0 Å². The Morgan fingerprint density at radius 1 is 1.50 bits per heavy atom. The van der Waals surface area contributed by atoms with Gasteiger partial charge in [0, 0.05) is 31.1 Å². The molecule has 1 amide bonds. The monoisotopic (exact) mass is 323 g/mol. The molecule has 1 atom stereocenters. The fourth-order valence-corrected chi connectivity index (χ4v) is 4.06. The van der Waals surface area contributed by atoms with E-state index in [0.29, 0.717) is 18.9 Å². The van der Waals surface area contributed by atoms with Gasteiger partial charge in [0.1, 0.15) is 0 Å². The summed E-state index contributed by atoms with van der Waals surface area (Å²) < 4.78 is 5.84. The number of thiazole rings is 1. The lowest BCUT2D eigenvalue weighted by Crippen LogP contribution is -2.47. The predicted molar refractivity (Wildman–Crippen MR) is 88.3 cm³/mol. The summed E-state index contributed by atoms with van der Waals surface area (Å²) in [4.78, 5) is 21.2. The van der Waals surface area contributed by atoms with Crippen LogP contribution in [-0.2, 0) is 9.53 Å². The summed E-state index contributed by atoms with van der Waals surface area (Å²) in [6.07, 6.45) is 7.43. The maximum absolute atomic E-state index is 12.8. The van der Waals surface area contributed by atoms with Gasteiger partial charge in [-0.1, -0.05) is 12.8 Å². The van der Waals surface area contributed by atoms with E-state index in [0.717, 1.165) is 24.8 Å². The van der Waals surface area contributed by atoms with Gasteiger partial charge in [-0.25, -0.2) is 4.98 Å². The molecule has 1 aromatic heterocycles. The molecule has 22 heavy (non-hydrogen) atoms. The first-order chi connectivity index (χ1) is 10.7. The molecule has 1 aliphatic heterocycles. The normalized spacial score (nSPS) is 23.8. The van der Waals surface area contributed by atoms with Crippen LogP contribution in [0.5, 0.6) is 0 Å². The minimum Gasteiger partial charge on any atom is -0.374 e. The Labute approximate surface area is 136 Å². The summed E-state index contributed by atoms with van der Waals surface area (Å²) in [5.74, 6) is 0.767. The van der Waals surface area contributed by atoms with Crippen LogP contribution in [0.15, 0.2) is 11.6 Å². The Kier molecular flexibility index (Phi) is 5.44. The van der Waals surface area contributed by atoms with E-state index in [4.69, 9.17) is 4.74 Å². The molecule has 0 N–H and O–H groups in total. The zero-order valence-corrected chi connectivity index (χ0v) is 14.1. The van der Waals surface area contributed by atoms with Crippen LogP contribution in [0.4, 0.5) is 5.13 Å². The summed E-state index contributed by atoms with van der Waals surface area (Å²) in [5.41, 5.74) is 0. The van der Waals surface area contributed by atoms with E-state index in [-0.39, 0.29) is 12.0 Å². The quantitative estimate of drug-likeness (QED) is 0.835. The van der Waals surface area contributed by atoms with Gasteiger partial charge in [-0.2, -0.15) is 0 Å². The van der Waals surface area contributed by atoms with Gasteiger partial charge < -0.3 is 9.64 Å². The largest absolute Gasteiger partial charge is 0.374 e. The van der Waals surface area contributed by atoms with Crippen LogP contribution < -0.4 is 4.90 Å². The van der Waals surface area contributed by atoms with Crippen LogP contribution in [0.1, 0.15) is 32.1 Å². The molecule has 0 bridgehead atoms. The predicted octanol–water partition coefficient (Wildman–Crippen LogP) is 2.39. The average molecular weight is 323 g/mol. The van der Waals surface area contributed by atoms with Gasteiger partial charge in [0.15, 0.2) is 5.13 Å². The Balaban J connectivity index is 1.65. The molecule has 1 aromatic rings. The maximum atomic E-state index is 12.8. The number of carbonyl (C=O) groups excluding carboxylic acids is 1. The number of rotatable bonds is 5. The van der Waals surface area contributed by atoms with Crippen molar-refractivity contribution >= 4 is 22.4 Å². The standard InChI is InChI=1S/C16H25N3O2S/c1-18-7-8-21-14(11-18)12-19(16-17-6-9-22-16)15(20)10-13-4-2-3-5-13/h6,9,13-14H,2-5,7-8,10-12H2,1H3/t14-/m0/s1. The Morgan fingerprint density at radius 3 is 3.00 bits per heavy atom. The molecule has 2 aliphatic rings.